The number of rotatable bonds is 5. The van der Waals surface area contributed by atoms with Gasteiger partial charge in [-0.15, -0.1) is 0 Å². The van der Waals surface area contributed by atoms with Gasteiger partial charge in [-0.1, -0.05) is 43.2 Å². The molecule has 2 aliphatic rings. The van der Waals surface area contributed by atoms with Crippen molar-refractivity contribution in [1.82, 2.24) is 14.7 Å². The van der Waals surface area contributed by atoms with Gasteiger partial charge in [-0.3, -0.25) is 14.5 Å². The van der Waals surface area contributed by atoms with Crippen molar-refractivity contribution in [2.45, 2.75) is 32.1 Å². The standard InChI is InChI=1S/C20H29N3O2/c24-19(16-21-11-6-1-2-7-12-21)23-15-14-22(20(25)17-23)13-10-18-8-4-3-5-9-18/h3-5,8-9H,1-2,6-7,10-17H2. The molecule has 0 unspecified atom stereocenters. The summed E-state index contributed by atoms with van der Waals surface area (Å²) in [6.45, 7) is 4.77. The van der Waals surface area contributed by atoms with Crippen molar-refractivity contribution >= 4 is 11.8 Å². The van der Waals surface area contributed by atoms with Crippen LogP contribution in [0.15, 0.2) is 30.3 Å². The van der Waals surface area contributed by atoms with Crippen LogP contribution in [0.5, 0.6) is 0 Å². The smallest absolute Gasteiger partial charge is 0.242 e. The number of hydrogen-bond acceptors (Lipinski definition) is 3. The number of carbonyl (C=O) groups is 2. The number of hydrogen-bond donors (Lipinski definition) is 0. The molecule has 0 spiro atoms. The Morgan fingerprint density at radius 1 is 0.920 bits per heavy atom. The third kappa shape index (κ3) is 5.30. The molecule has 0 atom stereocenters. The first-order valence-corrected chi connectivity index (χ1v) is 9.54. The maximum absolute atomic E-state index is 12.5. The molecule has 2 fully saturated rings. The average molecular weight is 343 g/mol. The van der Waals surface area contributed by atoms with Crippen LogP contribution in [0.4, 0.5) is 0 Å². The summed E-state index contributed by atoms with van der Waals surface area (Å²) in [5.41, 5.74) is 1.25. The minimum atomic E-state index is 0.0754. The van der Waals surface area contributed by atoms with Gasteiger partial charge in [0.05, 0.1) is 13.1 Å². The number of nitrogens with zero attached hydrogens (tertiary/aromatic N) is 3. The monoisotopic (exact) mass is 343 g/mol. The van der Waals surface area contributed by atoms with Crippen molar-refractivity contribution in [3.8, 4) is 0 Å². The zero-order valence-electron chi connectivity index (χ0n) is 15.0. The molecular weight excluding hydrogens is 314 g/mol. The van der Waals surface area contributed by atoms with Crippen LogP contribution in [0.25, 0.3) is 0 Å². The molecule has 5 heteroatoms. The highest BCUT2D eigenvalue weighted by Crippen LogP contribution is 2.11. The van der Waals surface area contributed by atoms with E-state index in [2.05, 4.69) is 17.0 Å². The van der Waals surface area contributed by atoms with Crippen LogP contribution in [0.2, 0.25) is 0 Å². The quantitative estimate of drug-likeness (QED) is 0.818. The zero-order chi connectivity index (χ0) is 17.5. The van der Waals surface area contributed by atoms with Gasteiger partial charge in [0.1, 0.15) is 0 Å². The Bertz CT molecular complexity index is 568. The molecule has 2 heterocycles. The molecule has 3 rings (SSSR count). The number of benzene rings is 1. The van der Waals surface area contributed by atoms with Crippen LogP contribution >= 0.6 is 0 Å². The van der Waals surface area contributed by atoms with Gasteiger partial charge in [0.25, 0.3) is 0 Å². The minimum absolute atomic E-state index is 0.0754. The number of carbonyl (C=O) groups excluding carboxylic acids is 2. The van der Waals surface area contributed by atoms with E-state index in [0.29, 0.717) is 19.6 Å². The molecule has 136 valence electrons. The van der Waals surface area contributed by atoms with Crippen molar-refractivity contribution in [1.29, 1.82) is 0 Å². The molecule has 0 aromatic heterocycles. The largest absolute Gasteiger partial charge is 0.339 e. The van der Waals surface area contributed by atoms with Crippen molar-refractivity contribution in [3.05, 3.63) is 35.9 Å². The summed E-state index contributed by atoms with van der Waals surface area (Å²) >= 11 is 0. The Labute approximate surface area is 150 Å². The summed E-state index contributed by atoms with van der Waals surface area (Å²) < 4.78 is 0. The van der Waals surface area contributed by atoms with Crippen LogP contribution in [0, 0.1) is 0 Å². The average Bonchev–Trinajstić information content (AvgIpc) is 2.90. The lowest BCUT2D eigenvalue weighted by molar-refractivity contribution is -0.145. The molecule has 5 nitrogen and oxygen atoms in total. The number of piperazine rings is 1. The summed E-state index contributed by atoms with van der Waals surface area (Å²) in [5.74, 6) is 0.185. The molecule has 0 saturated carbocycles. The van der Waals surface area contributed by atoms with Gasteiger partial charge in [0.15, 0.2) is 0 Å². The maximum atomic E-state index is 12.5. The van der Waals surface area contributed by atoms with E-state index >= 15 is 0 Å². The number of amides is 2. The first-order valence-electron chi connectivity index (χ1n) is 9.54. The van der Waals surface area contributed by atoms with Gasteiger partial charge in [-0.25, -0.2) is 0 Å². The van der Waals surface area contributed by atoms with Gasteiger partial charge in [-0.2, -0.15) is 0 Å². The lowest BCUT2D eigenvalue weighted by Crippen LogP contribution is -2.54. The van der Waals surface area contributed by atoms with E-state index in [1.165, 1.54) is 31.2 Å². The van der Waals surface area contributed by atoms with Crippen LogP contribution in [-0.2, 0) is 16.0 Å². The molecule has 1 aromatic rings. The molecule has 2 aliphatic heterocycles. The van der Waals surface area contributed by atoms with Gasteiger partial charge >= 0.3 is 0 Å². The van der Waals surface area contributed by atoms with Crippen LogP contribution in [0.3, 0.4) is 0 Å². The van der Waals surface area contributed by atoms with Gasteiger partial charge in [0, 0.05) is 19.6 Å². The molecule has 0 radical (unpaired) electrons. The summed E-state index contributed by atoms with van der Waals surface area (Å²) in [6, 6.07) is 10.2. The predicted molar refractivity (Wildman–Crippen MR) is 98.2 cm³/mol. The van der Waals surface area contributed by atoms with Crippen LogP contribution in [-0.4, -0.2) is 72.3 Å². The fourth-order valence-electron chi connectivity index (χ4n) is 3.65. The van der Waals surface area contributed by atoms with Gasteiger partial charge < -0.3 is 9.80 Å². The molecular formula is C20H29N3O2. The second kappa shape index (κ2) is 8.99. The summed E-state index contributed by atoms with van der Waals surface area (Å²) in [5, 5.41) is 0. The van der Waals surface area contributed by atoms with Gasteiger partial charge in [-0.05, 0) is 37.9 Å². The molecule has 2 saturated heterocycles. The summed E-state index contributed by atoms with van der Waals surface area (Å²) in [4.78, 5) is 30.8. The van der Waals surface area contributed by atoms with Crippen molar-refractivity contribution < 1.29 is 9.59 Å². The minimum Gasteiger partial charge on any atom is -0.339 e. The van der Waals surface area contributed by atoms with Crippen molar-refractivity contribution in [2.75, 3.05) is 45.8 Å². The first kappa shape index (κ1) is 17.9. The van der Waals surface area contributed by atoms with E-state index in [9.17, 15) is 9.59 Å². The second-order valence-electron chi connectivity index (χ2n) is 7.12. The normalized spacial score (nSPS) is 19.8. The van der Waals surface area contributed by atoms with E-state index in [0.717, 1.165) is 26.1 Å². The lowest BCUT2D eigenvalue weighted by Gasteiger charge is -2.35. The third-order valence-electron chi connectivity index (χ3n) is 5.24. The summed E-state index contributed by atoms with van der Waals surface area (Å²) in [6.07, 6.45) is 5.76. The van der Waals surface area contributed by atoms with Crippen molar-refractivity contribution in [2.24, 2.45) is 0 Å². The van der Waals surface area contributed by atoms with E-state index in [4.69, 9.17) is 0 Å². The van der Waals surface area contributed by atoms with E-state index < -0.39 is 0 Å². The topological polar surface area (TPSA) is 43.9 Å². The highest BCUT2D eigenvalue weighted by molar-refractivity contribution is 5.86. The Morgan fingerprint density at radius 2 is 1.64 bits per heavy atom. The van der Waals surface area contributed by atoms with Crippen molar-refractivity contribution in [3.63, 3.8) is 0 Å². The number of likely N-dealkylation sites (tertiary alicyclic amines) is 1. The summed E-state index contributed by atoms with van der Waals surface area (Å²) in [7, 11) is 0. The third-order valence-corrected chi connectivity index (χ3v) is 5.24. The first-order chi connectivity index (χ1) is 12.2. The molecule has 0 aliphatic carbocycles. The van der Waals surface area contributed by atoms with E-state index in [1.54, 1.807) is 4.90 Å². The zero-order valence-corrected chi connectivity index (χ0v) is 15.0. The fourth-order valence-corrected chi connectivity index (χ4v) is 3.65. The Kier molecular flexibility index (Phi) is 6.45. The molecule has 0 bridgehead atoms. The second-order valence-corrected chi connectivity index (χ2v) is 7.12. The molecule has 2 amide bonds. The predicted octanol–water partition coefficient (Wildman–Crippen LogP) is 1.78. The highest BCUT2D eigenvalue weighted by atomic mass is 16.2. The Morgan fingerprint density at radius 3 is 2.32 bits per heavy atom. The highest BCUT2D eigenvalue weighted by Gasteiger charge is 2.27. The maximum Gasteiger partial charge on any atom is 0.242 e. The lowest BCUT2D eigenvalue weighted by atomic mass is 10.1. The van der Waals surface area contributed by atoms with E-state index in [-0.39, 0.29) is 18.4 Å². The van der Waals surface area contributed by atoms with Gasteiger partial charge in [0.2, 0.25) is 11.8 Å². The SMILES string of the molecule is O=C1CN(C(=O)CN2CCCCCC2)CCN1CCc1ccccc1. The molecule has 1 aromatic carbocycles. The van der Waals surface area contributed by atoms with E-state index in [1.807, 2.05) is 23.1 Å². The van der Waals surface area contributed by atoms with Crippen LogP contribution < -0.4 is 0 Å². The molecule has 25 heavy (non-hydrogen) atoms. The Balaban J connectivity index is 1.44. The Hall–Kier alpha value is -1.88. The fraction of sp³-hybridized carbons (Fsp3) is 0.600. The molecule has 0 N–H and O–H groups in total. The van der Waals surface area contributed by atoms with Crippen LogP contribution in [0.1, 0.15) is 31.2 Å².